The fourth-order valence-corrected chi connectivity index (χ4v) is 2.20. The van der Waals surface area contributed by atoms with E-state index in [1.54, 1.807) is 60.7 Å². The number of benzene rings is 2. The topological polar surface area (TPSA) is 64.6 Å². The highest BCUT2D eigenvalue weighted by Gasteiger charge is 2.32. The number of carbonyl (C=O) groups excluding carboxylic acids is 2. The van der Waals surface area contributed by atoms with E-state index < -0.39 is 30.9 Å². The fourth-order valence-electron chi connectivity index (χ4n) is 2.20. The van der Waals surface area contributed by atoms with Gasteiger partial charge in [-0.3, -0.25) is 0 Å². The van der Waals surface area contributed by atoms with Crippen molar-refractivity contribution in [3.05, 3.63) is 71.8 Å². The average Bonchev–Trinajstić information content (AvgIpc) is 2.65. The lowest BCUT2D eigenvalue weighted by molar-refractivity contribution is -0.187. The molecule has 5 nitrogen and oxygen atoms in total. The molecular formula is C19H18F3NO4. The molecule has 27 heavy (non-hydrogen) atoms. The normalized spacial score (nSPS) is 12.1. The third kappa shape index (κ3) is 7.81. The molecule has 0 unspecified atom stereocenters. The average molecular weight is 381 g/mol. The number of ether oxygens (including phenoxy) is 2. The van der Waals surface area contributed by atoms with E-state index >= 15 is 0 Å². The maximum absolute atomic E-state index is 12.3. The minimum Gasteiger partial charge on any atom is -0.454 e. The Morgan fingerprint density at radius 2 is 1.44 bits per heavy atom. The molecule has 0 bridgehead atoms. The van der Waals surface area contributed by atoms with E-state index in [9.17, 15) is 22.8 Å². The fraction of sp³-hybridized carbons (Fsp3) is 0.263. The van der Waals surface area contributed by atoms with E-state index in [0.29, 0.717) is 5.56 Å². The van der Waals surface area contributed by atoms with Crippen LogP contribution in [0.1, 0.15) is 11.1 Å². The molecule has 1 N–H and O–H groups in total. The molecule has 8 heteroatoms. The molecule has 0 fully saturated rings. The Morgan fingerprint density at radius 1 is 0.889 bits per heavy atom. The van der Waals surface area contributed by atoms with E-state index in [0.717, 1.165) is 5.56 Å². The zero-order valence-electron chi connectivity index (χ0n) is 14.2. The Kier molecular flexibility index (Phi) is 7.22. The smallest absolute Gasteiger partial charge is 0.422 e. The first-order valence-corrected chi connectivity index (χ1v) is 8.08. The third-order valence-corrected chi connectivity index (χ3v) is 3.45. The molecule has 0 heterocycles. The number of carbonyl (C=O) groups is 2. The van der Waals surface area contributed by atoms with Crippen LogP contribution in [0.2, 0.25) is 0 Å². The Hall–Kier alpha value is -3.03. The van der Waals surface area contributed by atoms with Gasteiger partial charge in [-0.2, -0.15) is 13.2 Å². The van der Waals surface area contributed by atoms with Gasteiger partial charge in [0.15, 0.2) is 6.61 Å². The quantitative estimate of drug-likeness (QED) is 0.744. The molecular weight excluding hydrogens is 363 g/mol. The Morgan fingerprint density at radius 3 is 2.00 bits per heavy atom. The van der Waals surface area contributed by atoms with Gasteiger partial charge in [-0.05, 0) is 11.1 Å². The number of esters is 1. The van der Waals surface area contributed by atoms with Gasteiger partial charge in [0.2, 0.25) is 0 Å². The summed E-state index contributed by atoms with van der Waals surface area (Å²) in [5.74, 6) is -1.19. The number of nitrogens with one attached hydrogen (secondary N) is 1. The zero-order valence-corrected chi connectivity index (χ0v) is 14.2. The Bertz CT molecular complexity index is 736. The number of amides is 1. The molecule has 0 radical (unpaired) electrons. The minimum atomic E-state index is -4.65. The van der Waals surface area contributed by atoms with Crippen LogP contribution in [0, 0.1) is 0 Å². The number of halogens is 3. The van der Waals surface area contributed by atoms with Crippen LogP contribution < -0.4 is 5.32 Å². The van der Waals surface area contributed by atoms with E-state index in [-0.39, 0.29) is 13.0 Å². The second kappa shape index (κ2) is 9.61. The second-order valence-electron chi connectivity index (χ2n) is 5.67. The van der Waals surface area contributed by atoms with Crippen LogP contribution in [0.25, 0.3) is 0 Å². The van der Waals surface area contributed by atoms with Gasteiger partial charge in [0.1, 0.15) is 12.6 Å². The van der Waals surface area contributed by atoms with Gasteiger partial charge < -0.3 is 14.8 Å². The summed E-state index contributed by atoms with van der Waals surface area (Å²) in [5, 5.41) is 2.27. The molecule has 0 saturated heterocycles. The molecule has 2 aromatic rings. The first-order chi connectivity index (χ1) is 12.8. The van der Waals surface area contributed by atoms with Gasteiger partial charge in [0, 0.05) is 6.42 Å². The number of alkyl halides is 3. The van der Waals surface area contributed by atoms with Crippen molar-refractivity contribution in [3.8, 4) is 0 Å². The summed E-state index contributed by atoms with van der Waals surface area (Å²) in [4.78, 5) is 24.0. The van der Waals surface area contributed by atoms with E-state index in [2.05, 4.69) is 10.1 Å². The van der Waals surface area contributed by atoms with Crippen molar-refractivity contribution in [2.24, 2.45) is 0 Å². The third-order valence-electron chi connectivity index (χ3n) is 3.45. The lowest BCUT2D eigenvalue weighted by Crippen LogP contribution is -2.44. The van der Waals surface area contributed by atoms with Crippen LogP contribution >= 0.6 is 0 Å². The molecule has 144 valence electrons. The second-order valence-corrected chi connectivity index (χ2v) is 5.67. The maximum Gasteiger partial charge on any atom is 0.422 e. The van der Waals surface area contributed by atoms with Gasteiger partial charge >= 0.3 is 18.2 Å². The summed E-state index contributed by atoms with van der Waals surface area (Å²) in [6.45, 7) is -1.76. The first kappa shape index (κ1) is 20.3. The van der Waals surface area contributed by atoms with Crippen LogP contribution in [0.3, 0.4) is 0 Å². The van der Waals surface area contributed by atoms with Crippen molar-refractivity contribution < 1.29 is 32.2 Å². The molecule has 0 aliphatic heterocycles. The highest BCUT2D eigenvalue weighted by Crippen LogP contribution is 2.15. The van der Waals surface area contributed by atoms with Crippen molar-refractivity contribution in [3.63, 3.8) is 0 Å². The number of rotatable bonds is 7. The van der Waals surface area contributed by atoms with E-state index in [1.807, 2.05) is 0 Å². The first-order valence-electron chi connectivity index (χ1n) is 8.08. The van der Waals surface area contributed by atoms with Gasteiger partial charge in [-0.25, -0.2) is 9.59 Å². The van der Waals surface area contributed by atoms with Crippen molar-refractivity contribution >= 4 is 12.1 Å². The summed E-state index contributed by atoms with van der Waals surface area (Å²) in [5.41, 5.74) is 1.38. The van der Waals surface area contributed by atoms with Crippen LogP contribution in [0.5, 0.6) is 0 Å². The van der Waals surface area contributed by atoms with Crippen LogP contribution in [-0.4, -0.2) is 30.9 Å². The molecule has 0 aliphatic rings. The molecule has 2 rings (SSSR count). The number of hydrogen-bond donors (Lipinski definition) is 1. The van der Waals surface area contributed by atoms with Crippen molar-refractivity contribution in [2.75, 3.05) is 6.61 Å². The predicted molar refractivity (Wildman–Crippen MR) is 90.7 cm³/mol. The van der Waals surface area contributed by atoms with Gasteiger partial charge in [0.25, 0.3) is 0 Å². The summed E-state index contributed by atoms with van der Waals surface area (Å²) in [7, 11) is 0. The molecule has 0 spiro atoms. The highest BCUT2D eigenvalue weighted by molar-refractivity contribution is 5.81. The molecule has 0 saturated carbocycles. The van der Waals surface area contributed by atoms with Crippen molar-refractivity contribution in [1.29, 1.82) is 0 Å². The van der Waals surface area contributed by atoms with E-state index in [4.69, 9.17) is 4.74 Å². The largest absolute Gasteiger partial charge is 0.454 e. The number of hydrogen-bond acceptors (Lipinski definition) is 4. The molecule has 1 atom stereocenters. The zero-order chi connectivity index (χ0) is 19.7. The number of alkyl carbamates (subject to hydrolysis) is 1. The summed E-state index contributed by atoms with van der Waals surface area (Å²) < 4.78 is 46.1. The van der Waals surface area contributed by atoms with E-state index in [1.165, 1.54) is 0 Å². The molecule has 2 aromatic carbocycles. The standard InChI is InChI=1S/C19H18F3NO4/c20-19(21,22)13-27-17(24)16(11-14-7-3-1-4-8-14)23-18(25)26-12-15-9-5-2-6-10-15/h1-10,16H,11-13H2,(H,23,25)/t16-/m0/s1. The van der Waals surface area contributed by atoms with Gasteiger partial charge in [0.05, 0.1) is 0 Å². The van der Waals surface area contributed by atoms with Crippen LogP contribution in [0.15, 0.2) is 60.7 Å². The lowest BCUT2D eigenvalue weighted by atomic mass is 10.1. The molecule has 0 aromatic heterocycles. The highest BCUT2D eigenvalue weighted by atomic mass is 19.4. The van der Waals surface area contributed by atoms with Crippen LogP contribution in [-0.2, 0) is 27.3 Å². The van der Waals surface area contributed by atoms with Crippen LogP contribution in [0.4, 0.5) is 18.0 Å². The van der Waals surface area contributed by atoms with Crippen molar-refractivity contribution in [2.45, 2.75) is 25.2 Å². The predicted octanol–water partition coefficient (Wildman–Crippen LogP) is 3.63. The monoisotopic (exact) mass is 381 g/mol. The minimum absolute atomic E-state index is 0.0298. The van der Waals surface area contributed by atoms with Gasteiger partial charge in [-0.1, -0.05) is 60.7 Å². The SMILES string of the molecule is O=C(N[C@@H](Cc1ccccc1)C(=O)OCC(F)(F)F)OCc1ccccc1. The molecule has 1 amide bonds. The summed E-state index contributed by atoms with van der Waals surface area (Å²) in [6, 6.07) is 16.0. The summed E-state index contributed by atoms with van der Waals surface area (Å²) in [6.07, 6.45) is -5.61. The Labute approximate surface area is 154 Å². The van der Waals surface area contributed by atoms with Gasteiger partial charge in [-0.15, -0.1) is 0 Å². The van der Waals surface area contributed by atoms with Crippen molar-refractivity contribution in [1.82, 2.24) is 5.32 Å². The maximum atomic E-state index is 12.3. The summed E-state index contributed by atoms with van der Waals surface area (Å²) >= 11 is 0. The molecule has 0 aliphatic carbocycles. The Balaban J connectivity index is 1.97. The lowest BCUT2D eigenvalue weighted by Gasteiger charge is -2.18.